The average molecular weight is 582 g/mol. The van der Waals surface area contributed by atoms with Crippen molar-refractivity contribution in [3.63, 3.8) is 0 Å². The maximum Gasteiger partial charge on any atom is 0.115 e. The van der Waals surface area contributed by atoms with Crippen molar-refractivity contribution in [2.24, 2.45) is 0 Å². The number of H-pyrrole nitrogens is 1. The van der Waals surface area contributed by atoms with Gasteiger partial charge in [0.2, 0.25) is 0 Å². The van der Waals surface area contributed by atoms with Gasteiger partial charge in [0.25, 0.3) is 0 Å². The smallest absolute Gasteiger partial charge is 0.115 e. The molecule has 18 heteroatoms. The summed E-state index contributed by atoms with van der Waals surface area (Å²) in [6.07, 6.45) is 0. The quantitative estimate of drug-likeness (QED) is 0.195. The third kappa shape index (κ3) is 4.33. The van der Waals surface area contributed by atoms with Crippen LogP contribution in [-0.2, 0) is 0 Å². The average Bonchev–Trinajstić information content (AvgIpc) is 3.64. The Bertz CT molecular complexity index is 2620. The van der Waals surface area contributed by atoms with Crippen molar-refractivity contribution in [2.45, 2.75) is 0 Å². The lowest BCUT2D eigenvalue weighted by atomic mass is 9.63. The second-order valence-electron chi connectivity index (χ2n) is 11.7. The fourth-order valence-electron chi connectivity index (χ4n) is 6.61. The van der Waals surface area contributed by atoms with Crippen LogP contribution < -0.4 is 87.4 Å². The van der Waals surface area contributed by atoms with Gasteiger partial charge in [-0.1, -0.05) is 72.2 Å². The molecule has 7 rings (SSSR count). The molecule has 7 aromatic rings. The van der Waals surface area contributed by atoms with Gasteiger partial charge in [0.05, 0.1) is 0 Å². The van der Waals surface area contributed by atoms with Crippen LogP contribution >= 0.6 is 11.3 Å². The second kappa shape index (κ2) is 11.3. The van der Waals surface area contributed by atoms with Crippen LogP contribution in [0.2, 0.25) is 0 Å². The molecule has 2 heterocycles. The van der Waals surface area contributed by atoms with Crippen molar-refractivity contribution in [2.75, 3.05) is 0 Å². The number of benzene rings is 5. The summed E-state index contributed by atoms with van der Waals surface area (Å²) in [5.41, 5.74) is 5.00. The monoisotopic (exact) mass is 585 g/mol. The molecule has 0 aliphatic carbocycles. The maximum atomic E-state index is 6.83. The molecule has 2 aromatic heterocycles. The first-order valence-electron chi connectivity index (χ1n) is 14.2. The van der Waals surface area contributed by atoms with E-state index in [2.05, 4.69) is 4.98 Å². The highest BCUT2D eigenvalue weighted by atomic mass is 32.1. The van der Waals surface area contributed by atoms with Crippen LogP contribution in [0.1, 0.15) is 0 Å². The Balaban J connectivity index is 1.55. The van der Waals surface area contributed by atoms with Gasteiger partial charge in [-0.15, -0.1) is 38.7 Å². The van der Waals surface area contributed by atoms with Gasteiger partial charge in [0.15, 0.2) is 0 Å². The molecule has 0 aliphatic rings. The van der Waals surface area contributed by atoms with E-state index in [4.69, 9.17) is 126 Å². The lowest BCUT2D eigenvalue weighted by Gasteiger charge is -2.23. The molecule has 0 unspecified atom stereocenters. The number of aromatic amines is 1. The molecule has 0 spiro atoms. The van der Waals surface area contributed by atoms with E-state index in [0.29, 0.717) is 58.7 Å². The van der Waals surface area contributed by atoms with Crippen LogP contribution in [-0.4, -0.2) is 131 Å². The van der Waals surface area contributed by atoms with Gasteiger partial charge in [-0.05, 0) is 43.8 Å². The molecule has 0 atom stereocenters. The van der Waals surface area contributed by atoms with Gasteiger partial charge in [-0.3, -0.25) is 0 Å². The van der Waals surface area contributed by atoms with E-state index in [-0.39, 0.29) is 93.0 Å². The molecule has 0 bridgehead atoms. The summed E-state index contributed by atoms with van der Waals surface area (Å²) in [6, 6.07) is 3.32. The van der Waals surface area contributed by atoms with E-state index in [1.165, 1.54) is 11.3 Å². The number of fused-ring (bicyclic) bond motifs is 6. The summed E-state index contributed by atoms with van der Waals surface area (Å²) in [5.74, 6) is 0. The lowest BCUT2D eigenvalue weighted by molar-refractivity contribution is 1.59. The Morgan fingerprint density at radius 3 is 1.29 bits per heavy atom. The molecular weight excluding hydrogens is 579 g/mol. The first kappa shape index (κ1) is 33.6. The molecule has 5 aromatic carbocycles. The molecule has 0 amide bonds. The number of thiophene rings is 1. The van der Waals surface area contributed by atoms with Crippen molar-refractivity contribution >= 4 is 266 Å². The number of hydrogen-bond donors (Lipinski definition) is 1. The number of hydrogen-bond acceptors (Lipinski definition) is 1. The van der Waals surface area contributed by atoms with Crippen molar-refractivity contribution in [1.29, 1.82) is 0 Å². The SMILES string of the molecule is [B]c1cc(-c2c([B])c([B])c([B])c3c2sc2c([B])c([B])c([B])c([B])c23)cc([B])c1-c1c([B])c([B])c2[nH]c3c([B])c([B])c([B])c([B])c3c2c1[B]. The largest absolute Gasteiger partial charge is 0.356 e. The van der Waals surface area contributed by atoms with Gasteiger partial charge >= 0.3 is 0 Å². The van der Waals surface area contributed by atoms with Gasteiger partial charge < -0.3 is 4.98 Å². The number of nitrogens with one attached hydrogen (secondary N) is 1. The predicted octanol–water partition coefficient (Wildman–Crippen LogP) is -10.3. The van der Waals surface area contributed by atoms with Crippen LogP contribution in [0.25, 0.3) is 64.2 Å². The summed E-state index contributed by atoms with van der Waals surface area (Å²) in [7, 11) is 103. The molecule has 0 saturated heterocycles. The molecule has 1 N–H and O–H groups in total. The Morgan fingerprint density at radius 1 is 0.333 bits per heavy atom. The number of rotatable bonds is 2. The minimum Gasteiger partial charge on any atom is -0.356 e. The van der Waals surface area contributed by atoms with Crippen LogP contribution in [0.4, 0.5) is 0 Å². The zero-order chi connectivity index (χ0) is 35.0. The van der Waals surface area contributed by atoms with E-state index in [9.17, 15) is 0 Å². The summed E-state index contributed by atoms with van der Waals surface area (Å²) < 4.78 is 1.17. The molecule has 0 saturated carbocycles. The first-order chi connectivity index (χ1) is 22.5. The minimum absolute atomic E-state index is 0.0995. The summed E-state index contributed by atoms with van der Waals surface area (Å²) in [5, 5.41) is 1.86. The standard InChI is InChI=1S/C30H3B16NS/c31-4-1-3(6-14(34)19(39)17(37)11-12-18(38)21(41)23(43)26(46)30(12)48-29(6)11)2-5(32)7(4)8-13(33)9-10-16(36)20(40)22(42)25(45)28(10)47-27(9)24(44)15(8)35/h1-2,47H. The third-order valence-corrected chi connectivity index (χ3v) is 10.4. The molecule has 0 fully saturated rings. The predicted molar refractivity (Wildman–Crippen MR) is 226 cm³/mol. The Labute approximate surface area is 304 Å². The fraction of sp³-hybridized carbons (Fsp3) is 0. The summed E-state index contributed by atoms with van der Waals surface area (Å²) in [6.45, 7) is 0. The second-order valence-corrected chi connectivity index (χ2v) is 12.7. The third-order valence-electron chi connectivity index (χ3n) is 9.15. The maximum absolute atomic E-state index is 6.83. The molecule has 32 radical (unpaired) electrons. The van der Waals surface area contributed by atoms with Gasteiger partial charge in [-0.25, -0.2) is 0 Å². The highest BCUT2D eigenvalue weighted by Gasteiger charge is 2.24. The zero-order valence-corrected chi connectivity index (χ0v) is 26.1. The van der Waals surface area contributed by atoms with E-state index in [1.54, 1.807) is 12.1 Å². The topological polar surface area (TPSA) is 15.8 Å². The van der Waals surface area contributed by atoms with Crippen molar-refractivity contribution in [1.82, 2.24) is 4.98 Å². The van der Waals surface area contributed by atoms with Crippen LogP contribution in [0.3, 0.4) is 0 Å². The molecular formula is C30H3B16NS. The molecule has 182 valence electrons. The Kier molecular flexibility index (Phi) is 7.95. The van der Waals surface area contributed by atoms with E-state index in [0.717, 1.165) is 0 Å². The van der Waals surface area contributed by atoms with Crippen LogP contribution in [0.15, 0.2) is 12.1 Å². The van der Waals surface area contributed by atoms with Crippen molar-refractivity contribution in [3.8, 4) is 22.3 Å². The zero-order valence-electron chi connectivity index (χ0n) is 25.3. The van der Waals surface area contributed by atoms with Crippen LogP contribution in [0.5, 0.6) is 0 Å². The molecule has 1 nitrogen and oxygen atoms in total. The highest BCUT2D eigenvalue weighted by Crippen LogP contribution is 2.36. The Hall–Kier alpha value is -2.84. The number of aromatic nitrogens is 1. The normalized spacial score (nSPS) is 11.8. The molecule has 48 heavy (non-hydrogen) atoms. The van der Waals surface area contributed by atoms with Gasteiger partial charge in [-0.2, -0.15) is 0 Å². The van der Waals surface area contributed by atoms with Gasteiger partial charge in [0.1, 0.15) is 126 Å². The first-order valence-corrected chi connectivity index (χ1v) is 15.0. The summed E-state index contributed by atoms with van der Waals surface area (Å²) >= 11 is 1.27. The van der Waals surface area contributed by atoms with Gasteiger partial charge in [0, 0.05) is 20.4 Å². The molecule has 0 aliphatic heterocycles. The summed E-state index contributed by atoms with van der Waals surface area (Å²) in [4.78, 5) is 3.15. The minimum atomic E-state index is 0.0995. The van der Waals surface area contributed by atoms with E-state index < -0.39 is 0 Å². The lowest BCUT2D eigenvalue weighted by Crippen LogP contribution is -2.47. The fourth-order valence-corrected chi connectivity index (χ4v) is 8.00. The Morgan fingerprint density at radius 2 is 0.729 bits per heavy atom. The van der Waals surface area contributed by atoms with E-state index >= 15 is 0 Å². The highest BCUT2D eigenvalue weighted by molar-refractivity contribution is 7.28. The van der Waals surface area contributed by atoms with Crippen molar-refractivity contribution in [3.05, 3.63) is 12.1 Å². The van der Waals surface area contributed by atoms with Crippen LogP contribution in [0, 0.1) is 0 Å². The van der Waals surface area contributed by atoms with Crippen molar-refractivity contribution < 1.29 is 0 Å². The van der Waals surface area contributed by atoms with E-state index in [1.807, 2.05) is 0 Å².